The second-order valence-corrected chi connectivity index (χ2v) is 2.90. The summed E-state index contributed by atoms with van der Waals surface area (Å²) in [6, 6.07) is -2.97. The standard InChI is InChI=1S/C8H4F3N3O2/c9-8(10,7(15)16-11)14-6-1-2-12-3-5(6)4-13-14/h1-4H. The minimum absolute atomic E-state index is 0.0506. The SMILES string of the molecule is O=C(OF)C(F)(F)n1ncc2cnccc21. The van der Waals surface area contributed by atoms with Crippen LogP contribution in [0.5, 0.6) is 0 Å². The molecule has 0 saturated heterocycles. The highest BCUT2D eigenvalue weighted by Gasteiger charge is 2.46. The first-order chi connectivity index (χ1) is 7.57. The number of aromatic nitrogens is 3. The van der Waals surface area contributed by atoms with Gasteiger partial charge in [0.25, 0.3) is 0 Å². The minimum Gasteiger partial charge on any atom is -0.264 e. The van der Waals surface area contributed by atoms with Gasteiger partial charge in [0, 0.05) is 22.3 Å². The Labute approximate surface area is 86.3 Å². The molecule has 0 radical (unpaired) electrons. The van der Waals surface area contributed by atoms with Gasteiger partial charge in [0.15, 0.2) is 0 Å². The fraction of sp³-hybridized carbons (Fsp3) is 0.125. The van der Waals surface area contributed by atoms with Gasteiger partial charge in [-0.1, -0.05) is 0 Å². The first kappa shape index (κ1) is 10.4. The highest BCUT2D eigenvalue weighted by Crippen LogP contribution is 2.26. The van der Waals surface area contributed by atoms with E-state index in [2.05, 4.69) is 15.0 Å². The molecule has 2 aromatic heterocycles. The predicted molar refractivity (Wildman–Crippen MR) is 44.9 cm³/mol. The molecule has 2 rings (SSSR count). The molecule has 0 N–H and O–H groups in total. The summed E-state index contributed by atoms with van der Waals surface area (Å²) < 4.78 is 38.1. The van der Waals surface area contributed by atoms with E-state index in [4.69, 9.17) is 0 Å². The average Bonchev–Trinajstić information content (AvgIpc) is 2.72. The lowest BCUT2D eigenvalue weighted by molar-refractivity contribution is -0.226. The molecule has 0 unspecified atom stereocenters. The Bertz CT molecular complexity index is 540. The van der Waals surface area contributed by atoms with Crippen LogP contribution in [0.25, 0.3) is 10.9 Å². The molecule has 0 fully saturated rings. The quantitative estimate of drug-likeness (QED) is 0.784. The molecule has 84 valence electrons. The van der Waals surface area contributed by atoms with Gasteiger partial charge in [-0.2, -0.15) is 18.6 Å². The van der Waals surface area contributed by atoms with Gasteiger partial charge in [-0.15, -0.1) is 0 Å². The summed E-state index contributed by atoms with van der Waals surface area (Å²) in [4.78, 5) is 16.8. The molecule has 0 spiro atoms. The van der Waals surface area contributed by atoms with Crippen LogP contribution in [0.1, 0.15) is 0 Å². The Morgan fingerprint density at radius 3 is 2.88 bits per heavy atom. The number of alkyl halides is 2. The first-order valence-corrected chi connectivity index (χ1v) is 4.06. The fourth-order valence-electron chi connectivity index (χ4n) is 1.23. The van der Waals surface area contributed by atoms with Crippen molar-refractivity contribution in [2.24, 2.45) is 0 Å². The molecular weight excluding hydrogens is 227 g/mol. The average molecular weight is 231 g/mol. The molecule has 2 heterocycles. The summed E-state index contributed by atoms with van der Waals surface area (Å²) in [6.07, 6.45) is 3.62. The summed E-state index contributed by atoms with van der Waals surface area (Å²) in [5, 5.41) is 3.60. The lowest BCUT2D eigenvalue weighted by atomic mass is 10.3. The largest absolute Gasteiger partial charge is 0.445 e. The molecule has 0 aliphatic rings. The smallest absolute Gasteiger partial charge is 0.264 e. The van der Waals surface area contributed by atoms with Crippen molar-refractivity contribution in [3.8, 4) is 0 Å². The summed E-state index contributed by atoms with van der Waals surface area (Å²) in [6.45, 7) is 0. The van der Waals surface area contributed by atoms with Crippen LogP contribution >= 0.6 is 0 Å². The molecule has 0 aliphatic heterocycles. The van der Waals surface area contributed by atoms with Gasteiger partial charge in [-0.3, -0.25) is 4.98 Å². The van der Waals surface area contributed by atoms with Crippen molar-refractivity contribution < 1.29 is 23.0 Å². The van der Waals surface area contributed by atoms with Crippen molar-refractivity contribution in [2.45, 2.75) is 6.05 Å². The molecule has 0 amide bonds. The molecule has 16 heavy (non-hydrogen) atoms. The third-order valence-electron chi connectivity index (χ3n) is 1.95. The normalized spacial score (nSPS) is 11.7. The van der Waals surface area contributed by atoms with E-state index in [-0.39, 0.29) is 10.2 Å². The summed E-state index contributed by atoms with van der Waals surface area (Å²) in [5.74, 6) is -2.32. The Morgan fingerprint density at radius 1 is 1.44 bits per heavy atom. The third kappa shape index (κ3) is 1.38. The topological polar surface area (TPSA) is 57.0 Å². The van der Waals surface area contributed by atoms with Crippen LogP contribution in [0.15, 0.2) is 24.7 Å². The molecule has 0 aromatic carbocycles. The lowest BCUT2D eigenvalue weighted by Crippen LogP contribution is -2.34. The van der Waals surface area contributed by atoms with E-state index in [1.54, 1.807) is 0 Å². The minimum atomic E-state index is -4.20. The number of hydrogen-bond acceptors (Lipinski definition) is 4. The molecular formula is C8H4F3N3O2. The Balaban J connectivity index is 2.59. The second-order valence-electron chi connectivity index (χ2n) is 2.90. The van der Waals surface area contributed by atoms with E-state index in [0.717, 1.165) is 6.20 Å². The Kier molecular flexibility index (Phi) is 2.26. The summed E-state index contributed by atoms with van der Waals surface area (Å²) in [5.41, 5.74) is -0.0506. The molecule has 0 bridgehead atoms. The molecule has 8 heteroatoms. The molecule has 5 nitrogen and oxygen atoms in total. The summed E-state index contributed by atoms with van der Waals surface area (Å²) >= 11 is 0. The van der Waals surface area contributed by atoms with Gasteiger partial charge >= 0.3 is 12.0 Å². The summed E-state index contributed by atoms with van der Waals surface area (Å²) in [7, 11) is 0. The number of hydrogen-bond donors (Lipinski definition) is 0. The van der Waals surface area contributed by atoms with Gasteiger partial charge in [0.2, 0.25) is 0 Å². The van der Waals surface area contributed by atoms with Gasteiger partial charge in [0.1, 0.15) is 0 Å². The van der Waals surface area contributed by atoms with Gasteiger partial charge in [-0.25, -0.2) is 9.74 Å². The van der Waals surface area contributed by atoms with Crippen LogP contribution in [-0.4, -0.2) is 20.7 Å². The fourth-order valence-corrected chi connectivity index (χ4v) is 1.23. The van der Waals surface area contributed by atoms with E-state index >= 15 is 0 Å². The van der Waals surface area contributed by atoms with E-state index in [0.29, 0.717) is 5.39 Å². The zero-order valence-corrected chi connectivity index (χ0v) is 7.60. The number of pyridine rings is 1. The number of nitrogens with zero attached hydrogens (tertiary/aromatic N) is 3. The van der Waals surface area contributed by atoms with Crippen molar-refractivity contribution >= 4 is 16.9 Å². The lowest BCUT2D eigenvalue weighted by Gasteiger charge is -2.12. The Morgan fingerprint density at radius 2 is 2.19 bits per heavy atom. The highest BCUT2D eigenvalue weighted by atomic mass is 19.3. The molecule has 0 aliphatic carbocycles. The number of fused-ring (bicyclic) bond motifs is 1. The maximum absolute atomic E-state index is 13.3. The molecule has 0 atom stereocenters. The van der Waals surface area contributed by atoms with E-state index in [1.807, 2.05) is 0 Å². The van der Waals surface area contributed by atoms with Gasteiger partial charge in [0.05, 0.1) is 11.7 Å². The molecule has 2 aromatic rings. The van der Waals surface area contributed by atoms with E-state index in [1.165, 1.54) is 18.5 Å². The number of halogens is 3. The number of carbonyl (C=O) groups excluding carboxylic acids is 1. The van der Waals surface area contributed by atoms with Gasteiger partial charge < -0.3 is 0 Å². The van der Waals surface area contributed by atoms with Crippen molar-refractivity contribution in [2.75, 3.05) is 0 Å². The predicted octanol–water partition coefficient (Wildman–Crippen LogP) is 1.41. The number of carbonyl (C=O) groups is 1. The first-order valence-electron chi connectivity index (χ1n) is 4.06. The third-order valence-corrected chi connectivity index (χ3v) is 1.95. The van der Waals surface area contributed by atoms with Crippen LogP contribution in [0.4, 0.5) is 13.3 Å². The monoisotopic (exact) mass is 231 g/mol. The van der Waals surface area contributed by atoms with Crippen LogP contribution < -0.4 is 0 Å². The van der Waals surface area contributed by atoms with E-state index in [9.17, 15) is 18.1 Å². The molecule has 0 saturated carbocycles. The van der Waals surface area contributed by atoms with Crippen molar-refractivity contribution in [1.82, 2.24) is 14.8 Å². The van der Waals surface area contributed by atoms with Crippen molar-refractivity contribution in [3.63, 3.8) is 0 Å². The zero-order chi connectivity index (χ0) is 11.8. The maximum atomic E-state index is 13.3. The van der Waals surface area contributed by atoms with Crippen LogP contribution in [0, 0.1) is 0 Å². The second kappa shape index (κ2) is 3.47. The Hall–Kier alpha value is -2.12. The maximum Gasteiger partial charge on any atom is 0.445 e. The zero-order valence-electron chi connectivity index (χ0n) is 7.60. The van der Waals surface area contributed by atoms with Crippen molar-refractivity contribution in [3.05, 3.63) is 24.7 Å². The van der Waals surface area contributed by atoms with Crippen molar-refractivity contribution in [1.29, 1.82) is 0 Å². The van der Waals surface area contributed by atoms with Crippen LogP contribution in [0.3, 0.4) is 0 Å². The van der Waals surface area contributed by atoms with E-state index < -0.39 is 12.0 Å². The van der Waals surface area contributed by atoms with Gasteiger partial charge in [-0.05, 0) is 6.07 Å². The van der Waals surface area contributed by atoms with Crippen LogP contribution in [-0.2, 0) is 15.8 Å². The number of rotatable bonds is 2. The highest BCUT2D eigenvalue weighted by molar-refractivity contribution is 5.81. The van der Waals surface area contributed by atoms with Crippen LogP contribution in [0.2, 0.25) is 0 Å².